The lowest BCUT2D eigenvalue weighted by molar-refractivity contribution is -0.140. The zero-order chi connectivity index (χ0) is 19.4. The monoisotopic (exact) mass is 474 g/mol. The third-order valence-electron chi connectivity index (χ3n) is 2.89. The molecule has 0 radical (unpaired) electrons. The molecule has 10 heteroatoms. The predicted octanol–water partition coefficient (Wildman–Crippen LogP) is 6.90. The van der Waals surface area contributed by atoms with E-state index in [4.69, 9.17) is 79.1 Å². The van der Waals surface area contributed by atoms with Gasteiger partial charge in [-0.15, -0.1) is 0 Å². The molecular weight excluding hydrogens is 469 g/mol. The van der Waals surface area contributed by atoms with Gasteiger partial charge in [-0.2, -0.15) is 0 Å². The van der Waals surface area contributed by atoms with Crippen molar-refractivity contribution in [2.75, 3.05) is 0 Å². The van der Waals surface area contributed by atoms with Gasteiger partial charge in [-0.25, -0.2) is 0 Å². The van der Waals surface area contributed by atoms with Gasteiger partial charge in [0.2, 0.25) is 0 Å². The fraction of sp³-hybridized carbons (Fsp3) is 0.125. The van der Waals surface area contributed by atoms with Crippen LogP contribution in [0.25, 0.3) is 0 Å². The molecule has 0 aromatic heterocycles. The number of halogens is 6. The summed E-state index contributed by atoms with van der Waals surface area (Å²) in [6, 6.07) is 5.49. The third-order valence-corrected chi connectivity index (χ3v) is 4.45. The van der Waals surface area contributed by atoms with Gasteiger partial charge in [0.15, 0.2) is 11.5 Å². The molecule has 4 nitrogen and oxygen atoms in total. The van der Waals surface area contributed by atoms with Crippen molar-refractivity contribution in [3.8, 4) is 11.5 Å². The van der Waals surface area contributed by atoms with E-state index in [1.165, 1.54) is 24.3 Å². The Morgan fingerprint density at radius 1 is 0.615 bits per heavy atom. The minimum atomic E-state index is -0.735. The molecule has 0 heterocycles. The molecule has 0 fully saturated rings. The first-order valence-corrected chi connectivity index (χ1v) is 9.14. The molecule has 0 spiro atoms. The Kier molecular flexibility index (Phi) is 7.71. The van der Waals surface area contributed by atoms with Crippen molar-refractivity contribution in [3.63, 3.8) is 0 Å². The Hall–Kier alpha value is -0.880. The minimum Gasteiger partial charge on any atom is -0.423 e. The number of carbonyl (C=O) groups excluding carboxylic acids is 2. The second-order valence-electron chi connectivity index (χ2n) is 4.85. The molecule has 0 aliphatic heterocycles. The zero-order valence-electron chi connectivity index (χ0n) is 12.6. The zero-order valence-corrected chi connectivity index (χ0v) is 17.2. The second-order valence-corrected chi connectivity index (χ2v) is 7.35. The van der Waals surface area contributed by atoms with Gasteiger partial charge in [-0.3, -0.25) is 9.59 Å². The third kappa shape index (κ3) is 5.81. The summed E-state index contributed by atoms with van der Waals surface area (Å²) in [5.41, 5.74) is 0. The molecule has 2 rings (SSSR count). The SMILES string of the molecule is O=C(CCC(=O)Oc1c(Cl)cc(Cl)cc1Cl)Oc1c(Cl)cc(Cl)cc1Cl. The Morgan fingerprint density at radius 3 is 1.15 bits per heavy atom. The first kappa shape index (κ1) is 21.4. The summed E-state index contributed by atoms with van der Waals surface area (Å²) in [6.45, 7) is 0. The number of esters is 2. The number of hydrogen-bond donors (Lipinski definition) is 0. The first-order valence-electron chi connectivity index (χ1n) is 6.88. The lowest BCUT2D eigenvalue weighted by Gasteiger charge is -2.10. The quantitative estimate of drug-likeness (QED) is 0.348. The molecule has 0 N–H and O–H groups in total. The Balaban J connectivity index is 1.95. The molecule has 26 heavy (non-hydrogen) atoms. The molecule has 0 bridgehead atoms. The highest BCUT2D eigenvalue weighted by molar-refractivity contribution is 6.41. The first-order chi connectivity index (χ1) is 12.2. The van der Waals surface area contributed by atoms with E-state index in [1.54, 1.807) is 0 Å². The van der Waals surface area contributed by atoms with E-state index in [-0.39, 0.29) is 44.4 Å². The van der Waals surface area contributed by atoms with Crippen LogP contribution in [0.2, 0.25) is 30.1 Å². The molecule has 0 saturated heterocycles. The van der Waals surface area contributed by atoms with E-state index in [9.17, 15) is 9.59 Å². The molecule has 2 aromatic rings. The molecule has 138 valence electrons. The van der Waals surface area contributed by atoms with Crippen molar-refractivity contribution in [2.24, 2.45) is 0 Å². The summed E-state index contributed by atoms with van der Waals surface area (Å²) in [5.74, 6) is -1.55. The van der Waals surface area contributed by atoms with E-state index >= 15 is 0 Å². The van der Waals surface area contributed by atoms with Gasteiger partial charge >= 0.3 is 11.9 Å². The number of carbonyl (C=O) groups is 2. The number of ether oxygens (including phenoxy) is 2. The molecule has 0 aliphatic carbocycles. The normalized spacial score (nSPS) is 10.5. The summed E-state index contributed by atoms with van der Waals surface area (Å²) >= 11 is 35.2. The van der Waals surface area contributed by atoms with Crippen molar-refractivity contribution in [3.05, 3.63) is 54.4 Å². The number of hydrogen-bond acceptors (Lipinski definition) is 4. The molecule has 0 unspecified atom stereocenters. The van der Waals surface area contributed by atoms with Crippen LogP contribution in [0.3, 0.4) is 0 Å². The van der Waals surface area contributed by atoms with E-state index in [1.807, 2.05) is 0 Å². The maximum Gasteiger partial charge on any atom is 0.311 e. The highest BCUT2D eigenvalue weighted by atomic mass is 35.5. The van der Waals surface area contributed by atoms with Crippen LogP contribution in [-0.2, 0) is 9.59 Å². The fourth-order valence-corrected chi connectivity index (χ4v) is 3.58. The molecular formula is C16H8Cl6O4. The molecule has 0 aliphatic rings. The Morgan fingerprint density at radius 2 is 0.885 bits per heavy atom. The van der Waals surface area contributed by atoms with Crippen LogP contribution >= 0.6 is 69.6 Å². The lowest BCUT2D eigenvalue weighted by atomic mass is 10.3. The van der Waals surface area contributed by atoms with Crippen LogP contribution < -0.4 is 9.47 Å². The minimum absolute atomic E-state index is 0.0418. The van der Waals surface area contributed by atoms with Gasteiger partial charge < -0.3 is 9.47 Å². The fourth-order valence-electron chi connectivity index (χ4n) is 1.79. The van der Waals surface area contributed by atoms with Crippen LogP contribution in [0.4, 0.5) is 0 Å². The van der Waals surface area contributed by atoms with Gasteiger partial charge in [0.1, 0.15) is 0 Å². The van der Waals surface area contributed by atoms with Crippen molar-refractivity contribution in [1.29, 1.82) is 0 Å². The highest BCUT2D eigenvalue weighted by Gasteiger charge is 2.18. The summed E-state index contributed by atoms with van der Waals surface area (Å²) in [6.07, 6.45) is -0.562. The molecule has 2 aromatic carbocycles. The highest BCUT2D eigenvalue weighted by Crippen LogP contribution is 2.37. The largest absolute Gasteiger partial charge is 0.423 e. The van der Waals surface area contributed by atoms with Crippen molar-refractivity contribution in [2.45, 2.75) is 12.8 Å². The average molecular weight is 477 g/mol. The van der Waals surface area contributed by atoms with Gasteiger partial charge in [-0.1, -0.05) is 69.6 Å². The predicted molar refractivity (Wildman–Crippen MR) is 103 cm³/mol. The van der Waals surface area contributed by atoms with Crippen molar-refractivity contribution < 1.29 is 19.1 Å². The maximum atomic E-state index is 11.9. The second kappa shape index (κ2) is 9.36. The summed E-state index contributed by atoms with van der Waals surface area (Å²) in [5, 5.41) is 0.854. The summed E-state index contributed by atoms with van der Waals surface area (Å²) < 4.78 is 10.1. The van der Waals surface area contributed by atoms with E-state index in [0.717, 1.165) is 0 Å². The lowest BCUT2D eigenvalue weighted by Crippen LogP contribution is -2.14. The van der Waals surface area contributed by atoms with Crippen molar-refractivity contribution in [1.82, 2.24) is 0 Å². The van der Waals surface area contributed by atoms with Crippen molar-refractivity contribution >= 4 is 81.5 Å². The van der Waals surface area contributed by atoms with E-state index < -0.39 is 11.9 Å². The Labute approximate surface area is 178 Å². The van der Waals surface area contributed by atoms with E-state index in [2.05, 4.69) is 0 Å². The van der Waals surface area contributed by atoms with Crippen LogP contribution in [0.1, 0.15) is 12.8 Å². The van der Waals surface area contributed by atoms with Gasteiger partial charge in [0, 0.05) is 10.0 Å². The topological polar surface area (TPSA) is 52.6 Å². The van der Waals surface area contributed by atoms with E-state index in [0.29, 0.717) is 10.0 Å². The van der Waals surface area contributed by atoms with Gasteiger partial charge in [0.05, 0.1) is 32.9 Å². The standard InChI is InChI=1S/C16H8Cl6O4/c17-7-3-9(19)15(10(20)4-7)25-13(23)1-2-14(24)26-16-11(21)5-8(18)6-12(16)22/h3-6H,1-2H2. The molecule has 0 amide bonds. The number of rotatable bonds is 5. The molecule has 0 atom stereocenters. The Bertz CT molecular complexity index is 750. The van der Waals surface area contributed by atoms with Crippen LogP contribution in [0.15, 0.2) is 24.3 Å². The average Bonchev–Trinajstić information content (AvgIpc) is 2.52. The van der Waals surface area contributed by atoms with Crippen LogP contribution in [-0.4, -0.2) is 11.9 Å². The molecule has 0 saturated carbocycles. The van der Waals surface area contributed by atoms with Crippen LogP contribution in [0.5, 0.6) is 11.5 Å². The smallest absolute Gasteiger partial charge is 0.311 e. The summed E-state index contributed by atoms with van der Waals surface area (Å²) in [4.78, 5) is 23.8. The number of benzene rings is 2. The van der Waals surface area contributed by atoms with Gasteiger partial charge in [0.25, 0.3) is 0 Å². The van der Waals surface area contributed by atoms with Crippen LogP contribution in [0, 0.1) is 0 Å². The maximum absolute atomic E-state index is 11.9. The summed E-state index contributed by atoms with van der Waals surface area (Å²) in [7, 11) is 0. The van der Waals surface area contributed by atoms with Gasteiger partial charge in [-0.05, 0) is 24.3 Å².